The molecule has 104 valence electrons. The van der Waals surface area contributed by atoms with Crippen molar-refractivity contribution in [2.24, 2.45) is 5.41 Å². The van der Waals surface area contributed by atoms with Crippen LogP contribution in [0.1, 0.15) is 43.0 Å². The van der Waals surface area contributed by atoms with Crippen molar-refractivity contribution >= 4 is 11.7 Å². The van der Waals surface area contributed by atoms with Gasteiger partial charge in [0.05, 0.1) is 11.8 Å². The van der Waals surface area contributed by atoms with E-state index in [2.05, 4.69) is 22.5 Å². The lowest BCUT2D eigenvalue weighted by Gasteiger charge is -2.23. The minimum Gasteiger partial charge on any atom is -0.372 e. The molecule has 0 atom stereocenters. The largest absolute Gasteiger partial charge is 0.372 e. The van der Waals surface area contributed by atoms with Crippen LogP contribution in [-0.2, 0) is 0 Å². The third-order valence-corrected chi connectivity index (χ3v) is 3.82. The second-order valence-corrected chi connectivity index (χ2v) is 5.50. The number of hydrogen-bond donors (Lipinski definition) is 2. The Balaban J connectivity index is 2.05. The van der Waals surface area contributed by atoms with Crippen LogP contribution in [0.3, 0.4) is 0 Å². The number of pyridine rings is 1. The van der Waals surface area contributed by atoms with E-state index in [0.29, 0.717) is 12.4 Å². The first kappa shape index (κ1) is 13.8. The van der Waals surface area contributed by atoms with Crippen molar-refractivity contribution in [3.63, 3.8) is 0 Å². The van der Waals surface area contributed by atoms with Crippen LogP contribution in [0.25, 0.3) is 0 Å². The van der Waals surface area contributed by atoms with E-state index in [1.165, 1.54) is 18.9 Å². The van der Waals surface area contributed by atoms with Gasteiger partial charge in [0.2, 0.25) is 0 Å². The highest BCUT2D eigenvalue weighted by Crippen LogP contribution is 2.36. The van der Waals surface area contributed by atoms with Crippen LogP contribution < -0.4 is 10.6 Å². The van der Waals surface area contributed by atoms with E-state index in [9.17, 15) is 9.18 Å². The van der Waals surface area contributed by atoms with Crippen molar-refractivity contribution in [2.45, 2.75) is 32.6 Å². The molecule has 1 amide bonds. The fourth-order valence-corrected chi connectivity index (χ4v) is 2.61. The number of hydrogen-bond acceptors (Lipinski definition) is 3. The van der Waals surface area contributed by atoms with Gasteiger partial charge in [0, 0.05) is 13.6 Å². The van der Waals surface area contributed by atoms with E-state index in [4.69, 9.17) is 0 Å². The molecule has 1 aliphatic rings. The number of anilines is 1. The molecule has 0 unspecified atom stereocenters. The fourth-order valence-electron chi connectivity index (χ4n) is 2.61. The molecule has 1 heterocycles. The monoisotopic (exact) mass is 265 g/mol. The Morgan fingerprint density at radius 1 is 1.47 bits per heavy atom. The summed E-state index contributed by atoms with van der Waals surface area (Å²) in [6.45, 7) is 2.81. The van der Waals surface area contributed by atoms with Gasteiger partial charge in [-0.05, 0) is 24.3 Å². The number of halogens is 1. The molecule has 0 aliphatic heterocycles. The summed E-state index contributed by atoms with van der Waals surface area (Å²) in [5.74, 6) is -0.379. The Hall–Kier alpha value is -1.65. The summed E-state index contributed by atoms with van der Waals surface area (Å²) >= 11 is 0. The average Bonchev–Trinajstić information content (AvgIpc) is 2.83. The third-order valence-electron chi connectivity index (χ3n) is 3.82. The third kappa shape index (κ3) is 3.22. The van der Waals surface area contributed by atoms with Crippen LogP contribution in [-0.4, -0.2) is 24.5 Å². The van der Waals surface area contributed by atoms with Crippen molar-refractivity contribution in [2.75, 3.05) is 18.9 Å². The van der Waals surface area contributed by atoms with Gasteiger partial charge in [-0.1, -0.05) is 19.8 Å². The van der Waals surface area contributed by atoms with Crippen LogP contribution in [0.4, 0.5) is 10.2 Å². The molecule has 0 aromatic carbocycles. The molecule has 0 saturated heterocycles. The molecule has 0 spiro atoms. The predicted molar refractivity (Wildman–Crippen MR) is 72.6 cm³/mol. The lowest BCUT2D eigenvalue weighted by molar-refractivity contribution is 0.0934. The SMILES string of the molecule is CNc1ncc(F)cc1C(=O)NCC1(C)CCCC1. The molecule has 0 radical (unpaired) electrons. The zero-order chi connectivity index (χ0) is 13.9. The first-order valence-electron chi connectivity index (χ1n) is 6.66. The van der Waals surface area contributed by atoms with Gasteiger partial charge < -0.3 is 10.6 Å². The van der Waals surface area contributed by atoms with Gasteiger partial charge in [0.1, 0.15) is 11.6 Å². The van der Waals surface area contributed by atoms with Gasteiger partial charge >= 0.3 is 0 Å². The van der Waals surface area contributed by atoms with E-state index in [1.54, 1.807) is 7.05 Å². The van der Waals surface area contributed by atoms with E-state index >= 15 is 0 Å². The summed E-state index contributed by atoms with van der Waals surface area (Å²) in [4.78, 5) is 16.0. The number of amides is 1. The Bertz CT molecular complexity index is 470. The van der Waals surface area contributed by atoms with Crippen LogP contribution >= 0.6 is 0 Å². The molecule has 2 N–H and O–H groups in total. The standard InChI is InChI=1S/C14H20FN3O/c1-14(5-3-4-6-14)9-18-13(19)11-7-10(15)8-17-12(11)16-2/h7-8H,3-6,9H2,1-2H3,(H,16,17)(H,18,19). The number of aromatic nitrogens is 1. The topological polar surface area (TPSA) is 54.0 Å². The van der Waals surface area contributed by atoms with Crippen molar-refractivity contribution in [1.29, 1.82) is 0 Å². The lowest BCUT2D eigenvalue weighted by atomic mass is 9.89. The molecule has 19 heavy (non-hydrogen) atoms. The van der Waals surface area contributed by atoms with E-state index < -0.39 is 5.82 Å². The van der Waals surface area contributed by atoms with Gasteiger partial charge in [0.15, 0.2) is 0 Å². The summed E-state index contributed by atoms with van der Waals surface area (Å²) in [7, 11) is 1.66. The molecular weight excluding hydrogens is 245 g/mol. The number of nitrogens with zero attached hydrogens (tertiary/aromatic N) is 1. The Labute approximate surface area is 112 Å². The van der Waals surface area contributed by atoms with Crippen molar-refractivity contribution in [3.8, 4) is 0 Å². The second kappa shape index (κ2) is 5.55. The zero-order valence-electron chi connectivity index (χ0n) is 11.4. The highest BCUT2D eigenvalue weighted by atomic mass is 19.1. The van der Waals surface area contributed by atoms with Crippen LogP contribution in [0.15, 0.2) is 12.3 Å². The molecule has 0 bridgehead atoms. The number of carbonyl (C=O) groups is 1. The molecule has 5 heteroatoms. The summed E-state index contributed by atoms with van der Waals surface area (Å²) in [6, 6.07) is 1.21. The normalized spacial score (nSPS) is 17.2. The summed E-state index contributed by atoms with van der Waals surface area (Å²) < 4.78 is 13.2. The quantitative estimate of drug-likeness (QED) is 0.879. The van der Waals surface area contributed by atoms with Crippen molar-refractivity contribution in [3.05, 3.63) is 23.6 Å². The summed E-state index contributed by atoms with van der Waals surface area (Å²) in [6.07, 6.45) is 5.80. The minimum absolute atomic E-state index is 0.177. The Kier molecular flexibility index (Phi) is 4.02. The zero-order valence-corrected chi connectivity index (χ0v) is 11.4. The summed E-state index contributed by atoms with van der Waals surface area (Å²) in [5.41, 5.74) is 0.431. The summed E-state index contributed by atoms with van der Waals surface area (Å²) in [5, 5.41) is 5.70. The van der Waals surface area contributed by atoms with E-state index in [1.807, 2.05) is 0 Å². The lowest BCUT2D eigenvalue weighted by Crippen LogP contribution is -2.34. The van der Waals surface area contributed by atoms with Gasteiger partial charge in [-0.15, -0.1) is 0 Å². The Morgan fingerprint density at radius 3 is 2.79 bits per heavy atom. The highest BCUT2D eigenvalue weighted by molar-refractivity contribution is 5.98. The van der Waals surface area contributed by atoms with Gasteiger partial charge in [-0.3, -0.25) is 4.79 Å². The Morgan fingerprint density at radius 2 is 2.16 bits per heavy atom. The second-order valence-electron chi connectivity index (χ2n) is 5.50. The molecule has 1 aliphatic carbocycles. The van der Waals surface area contributed by atoms with Gasteiger partial charge in [-0.25, -0.2) is 9.37 Å². The molecule has 2 rings (SSSR count). The maximum atomic E-state index is 13.2. The number of nitrogens with one attached hydrogen (secondary N) is 2. The number of rotatable bonds is 4. The smallest absolute Gasteiger partial charge is 0.255 e. The van der Waals surface area contributed by atoms with Gasteiger partial charge in [-0.2, -0.15) is 0 Å². The minimum atomic E-state index is -0.503. The van der Waals surface area contributed by atoms with Crippen LogP contribution in [0.5, 0.6) is 0 Å². The molecule has 1 aromatic heterocycles. The van der Waals surface area contributed by atoms with Crippen LogP contribution in [0.2, 0.25) is 0 Å². The highest BCUT2D eigenvalue weighted by Gasteiger charge is 2.29. The molecular formula is C14H20FN3O. The fraction of sp³-hybridized carbons (Fsp3) is 0.571. The molecule has 4 nitrogen and oxygen atoms in total. The number of carbonyl (C=O) groups excluding carboxylic acids is 1. The van der Waals surface area contributed by atoms with Crippen molar-refractivity contribution in [1.82, 2.24) is 10.3 Å². The van der Waals surface area contributed by atoms with Crippen molar-refractivity contribution < 1.29 is 9.18 Å². The molecule has 1 aromatic rings. The predicted octanol–water partition coefficient (Wildman–Crippen LogP) is 2.57. The molecule has 1 saturated carbocycles. The maximum Gasteiger partial charge on any atom is 0.255 e. The van der Waals surface area contributed by atoms with E-state index in [0.717, 1.165) is 19.0 Å². The average molecular weight is 265 g/mol. The van der Waals surface area contributed by atoms with E-state index in [-0.39, 0.29) is 16.9 Å². The first-order chi connectivity index (χ1) is 9.04. The van der Waals surface area contributed by atoms with Crippen LogP contribution in [0, 0.1) is 11.2 Å². The first-order valence-corrected chi connectivity index (χ1v) is 6.66. The molecule has 1 fully saturated rings. The maximum absolute atomic E-state index is 13.2. The van der Waals surface area contributed by atoms with Gasteiger partial charge in [0.25, 0.3) is 5.91 Å².